The Bertz CT molecular complexity index is 1070. The van der Waals surface area contributed by atoms with Crippen LogP contribution >= 0.6 is 11.5 Å². The quantitative estimate of drug-likeness (QED) is 0.611. The van der Waals surface area contributed by atoms with Crippen LogP contribution in [0.2, 0.25) is 0 Å². The molecule has 3 rings (SSSR count). The van der Waals surface area contributed by atoms with Crippen molar-refractivity contribution in [1.29, 1.82) is 0 Å². The van der Waals surface area contributed by atoms with Gasteiger partial charge in [-0.25, -0.2) is 0 Å². The van der Waals surface area contributed by atoms with E-state index in [2.05, 4.69) is 5.32 Å². The molecule has 29 heavy (non-hydrogen) atoms. The van der Waals surface area contributed by atoms with E-state index in [9.17, 15) is 9.59 Å². The number of nitrogens with zero attached hydrogens (tertiary/aromatic N) is 1. The molecule has 2 aromatic carbocycles. The number of nitrogens with one attached hydrogen (secondary N) is 1. The lowest BCUT2D eigenvalue weighted by Gasteiger charge is -2.16. The molecule has 1 amide bonds. The molecule has 0 radical (unpaired) electrons. The molecule has 1 atom stereocenters. The Morgan fingerprint density at radius 2 is 1.79 bits per heavy atom. The fourth-order valence-corrected chi connectivity index (χ4v) is 4.22. The lowest BCUT2D eigenvalue weighted by Crippen LogP contribution is -2.34. The summed E-state index contributed by atoms with van der Waals surface area (Å²) in [5.41, 5.74) is 0.743. The second-order valence-corrected chi connectivity index (χ2v) is 7.44. The topological polar surface area (TPSA) is 78.8 Å². The highest BCUT2D eigenvalue weighted by molar-refractivity contribution is 7.14. The van der Waals surface area contributed by atoms with Crippen molar-refractivity contribution in [1.82, 2.24) is 9.27 Å². The van der Waals surface area contributed by atoms with E-state index in [-0.39, 0.29) is 11.5 Å². The summed E-state index contributed by atoms with van der Waals surface area (Å²) in [6.07, 6.45) is 0.545. The number of hydrogen-bond donors (Lipinski definition) is 1. The summed E-state index contributed by atoms with van der Waals surface area (Å²) >= 11 is 1.30. The van der Waals surface area contributed by atoms with E-state index in [0.717, 1.165) is 10.3 Å². The van der Waals surface area contributed by atoms with Gasteiger partial charge in [0.1, 0.15) is 6.04 Å². The monoisotopic (exact) mass is 416 g/mol. The van der Waals surface area contributed by atoms with Crippen LogP contribution in [0.4, 0.5) is 0 Å². The van der Waals surface area contributed by atoms with E-state index in [1.54, 1.807) is 40.4 Å². The Balaban J connectivity index is 1.69. The number of methoxy groups -OCH3 is 3. The number of carbonyl (C=O) groups excluding carboxylic acids is 1. The van der Waals surface area contributed by atoms with Gasteiger partial charge in [0, 0.05) is 12.1 Å². The standard InChI is InChI=1S/C21H24N2O5S/c1-13(23-21(25)15-7-5-6-8-17(15)29-23)20(24)22-12-11-14-9-10-16(26-2)19(28-4)18(14)27-3/h5-10,13H,11-12H2,1-4H3,(H,22,24)/t13-/m1/s1. The Labute approximate surface area is 173 Å². The van der Waals surface area contributed by atoms with E-state index < -0.39 is 6.04 Å². The van der Waals surface area contributed by atoms with Gasteiger partial charge < -0.3 is 19.5 Å². The minimum Gasteiger partial charge on any atom is -0.493 e. The Hall–Kier alpha value is -3.00. The van der Waals surface area contributed by atoms with Gasteiger partial charge in [-0.05, 0) is 31.5 Å². The minimum absolute atomic E-state index is 0.144. The third-order valence-electron chi connectivity index (χ3n) is 4.72. The smallest absolute Gasteiger partial charge is 0.269 e. The van der Waals surface area contributed by atoms with Crippen molar-refractivity contribution in [3.8, 4) is 17.2 Å². The van der Waals surface area contributed by atoms with Crippen LogP contribution in [0.25, 0.3) is 10.1 Å². The van der Waals surface area contributed by atoms with Gasteiger partial charge in [0.25, 0.3) is 5.56 Å². The molecule has 0 unspecified atom stereocenters. The van der Waals surface area contributed by atoms with Gasteiger partial charge in [-0.1, -0.05) is 29.7 Å². The van der Waals surface area contributed by atoms with Crippen molar-refractivity contribution in [3.63, 3.8) is 0 Å². The van der Waals surface area contributed by atoms with Gasteiger partial charge in [-0.3, -0.25) is 13.5 Å². The maximum atomic E-state index is 12.6. The molecular weight excluding hydrogens is 392 g/mol. The van der Waals surface area contributed by atoms with Crippen LogP contribution < -0.4 is 25.1 Å². The number of hydrogen-bond acceptors (Lipinski definition) is 6. The highest BCUT2D eigenvalue weighted by Crippen LogP contribution is 2.39. The van der Waals surface area contributed by atoms with Gasteiger partial charge in [-0.15, -0.1) is 0 Å². The highest BCUT2D eigenvalue weighted by Gasteiger charge is 2.20. The average Bonchev–Trinajstić information content (AvgIpc) is 3.09. The first-order chi connectivity index (χ1) is 14.0. The first kappa shape index (κ1) is 20.7. The molecule has 0 saturated carbocycles. The molecule has 0 saturated heterocycles. The van der Waals surface area contributed by atoms with Gasteiger partial charge in [0.15, 0.2) is 11.5 Å². The molecule has 0 aliphatic heterocycles. The molecule has 0 aliphatic carbocycles. The number of amides is 1. The van der Waals surface area contributed by atoms with Crippen LogP contribution in [0, 0.1) is 0 Å². The van der Waals surface area contributed by atoms with Crippen LogP contribution in [-0.4, -0.2) is 37.7 Å². The molecule has 3 aromatic rings. The SMILES string of the molecule is COc1ccc(CCNC(=O)[C@@H](C)n2sc3ccccc3c2=O)c(OC)c1OC. The first-order valence-electron chi connectivity index (χ1n) is 9.18. The van der Waals surface area contributed by atoms with Crippen LogP contribution in [-0.2, 0) is 11.2 Å². The largest absolute Gasteiger partial charge is 0.493 e. The van der Waals surface area contributed by atoms with E-state index in [1.807, 2.05) is 24.3 Å². The fraction of sp³-hybridized carbons (Fsp3) is 0.333. The summed E-state index contributed by atoms with van der Waals surface area (Å²) in [7, 11) is 4.68. The normalized spacial score (nSPS) is 11.9. The maximum absolute atomic E-state index is 12.6. The first-order valence-corrected chi connectivity index (χ1v) is 9.95. The molecule has 0 spiro atoms. The Morgan fingerprint density at radius 1 is 1.07 bits per heavy atom. The molecule has 1 aromatic heterocycles. The number of fused-ring (bicyclic) bond motifs is 1. The zero-order valence-corrected chi connectivity index (χ0v) is 17.7. The van der Waals surface area contributed by atoms with Crippen molar-refractivity contribution in [2.75, 3.05) is 27.9 Å². The minimum atomic E-state index is -0.591. The average molecular weight is 416 g/mol. The van der Waals surface area contributed by atoms with Crippen LogP contribution in [0.5, 0.6) is 17.2 Å². The predicted molar refractivity (Wildman–Crippen MR) is 114 cm³/mol. The highest BCUT2D eigenvalue weighted by atomic mass is 32.1. The summed E-state index contributed by atoms with van der Waals surface area (Å²) in [6.45, 7) is 2.12. The molecule has 0 bridgehead atoms. The van der Waals surface area contributed by atoms with E-state index in [4.69, 9.17) is 14.2 Å². The van der Waals surface area contributed by atoms with Crippen molar-refractivity contribution in [3.05, 3.63) is 52.3 Å². The predicted octanol–water partition coefficient (Wildman–Crippen LogP) is 3.01. The molecule has 1 N–H and O–H groups in total. The third kappa shape index (κ3) is 4.07. The van der Waals surface area contributed by atoms with Crippen LogP contribution in [0.3, 0.4) is 0 Å². The van der Waals surface area contributed by atoms with E-state index >= 15 is 0 Å². The maximum Gasteiger partial charge on any atom is 0.269 e. The summed E-state index contributed by atoms with van der Waals surface area (Å²) in [5.74, 6) is 1.46. The van der Waals surface area contributed by atoms with Crippen LogP contribution in [0.1, 0.15) is 18.5 Å². The lowest BCUT2D eigenvalue weighted by atomic mass is 10.1. The van der Waals surface area contributed by atoms with Crippen molar-refractivity contribution in [2.45, 2.75) is 19.4 Å². The molecule has 154 valence electrons. The molecule has 0 fully saturated rings. The molecule has 1 heterocycles. The summed E-state index contributed by atoms with van der Waals surface area (Å²) < 4.78 is 18.5. The zero-order chi connectivity index (χ0) is 21.0. The van der Waals surface area contributed by atoms with Gasteiger partial charge >= 0.3 is 0 Å². The van der Waals surface area contributed by atoms with E-state index in [1.165, 1.54) is 15.5 Å². The summed E-state index contributed by atoms with van der Waals surface area (Å²) in [6, 6.07) is 10.5. The van der Waals surface area contributed by atoms with Crippen molar-refractivity contribution in [2.24, 2.45) is 0 Å². The second-order valence-electron chi connectivity index (χ2n) is 6.43. The lowest BCUT2D eigenvalue weighted by molar-refractivity contribution is -0.123. The molecular formula is C21H24N2O5S. The third-order valence-corrected chi connectivity index (χ3v) is 5.96. The second kappa shape index (κ2) is 9.00. The van der Waals surface area contributed by atoms with Crippen molar-refractivity contribution >= 4 is 27.5 Å². The van der Waals surface area contributed by atoms with Gasteiger partial charge in [0.05, 0.1) is 31.4 Å². The number of aromatic nitrogens is 1. The summed E-state index contributed by atoms with van der Waals surface area (Å²) in [4.78, 5) is 25.1. The number of rotatable bonds is 8. The molecule has 7 nitrogen and oxygen atoms in total. The summed E-state index contributed by atoms with van der Waals surface area (Å²) in [5, 5.41) is 3.53. The van der Waals surface area contributed by atoms with Gasteiger partial charge in [0.2, 0.25) is 11.7 Å². The number of carbonyl (C=O) groups is 1. The van der Waals surface area contributed by atoms with Crippen molar-refractivity contribution < 1.29 is 19.0 Å². The Morgan fingerprint density at radius 3 is 2.45 bits per heavy atom. The van der Waals surface area contributed by atoms with Crippen LogP contribution in [0.15, 0.2) is 41.2 Å². The Kier molecular flexibility index (Phi) is 6.43. The molecule has 8 heteroatoms. The fourth-order valence-electron chi connectivity index (χ4n) is 3.18. The number of benzene rings is 2. The van der Waals surface area contributed by atoms with E-state index in [0.29, 0.717) is 35.6 Å². The van der Waals surface area contributed by atoms with Gasteiger partial charge in [-0.2, -0.15) is 0 Å². The number of ether oxygens (including phenoxy) is 3. The zero-order valence-electron chi connectivity index (χ0n) is 16.9. The molecule has 0 aliphatic rings.